The molecular formula is C18H26BrN5O2. The number of carbonyl (C=O) groups excluding carboxylic acids is 2. The van der Waals surface area contributed by atoms with Crippen molar-refractivity contribution < 1.29 is 9.59 Å². The number of nitrogens with one attached hydrogen (secondary N) is 1. The first-order valence-electron chi connectivity index (χ1n) is 8.64. The van der Waals surface area contributed by atoms with E-state index in [2.05, 4.69) is 59.1 Å². The number of benzene rings is 1. The highest BCUT2D eigenvalue weighted by Gasteiger charge is 2.36. The van der Waals surface area contributed by atoms with Gasteiger partial charge in [-0.15, -0.1) is 0 Å². The van der Waals surface area contributed by atoms with Gasteiger partial charge in [0.15, 0.2) is 5.71 Å². The van der Waals surface area contributed by atoms with E-state index in [1.165, 1.54) is 0 Å². The molecule has 0 fully saturated rings. The molecule has 7 nitrogen and oxygen atoms in total. The predicted molar refractivity (Wildman–Crippen MR) is 107 cm³/mol. The first-order valence-corrected chi connectivity index (χ1v) is 9.44. The number of amides is 3. The number of urea groups is 1. The lowest BCUT2D eigenvalue weighted by molar-refractivity contribution is -0.112. The lowest BCUT2D eigenvalue weighted by Crippen LogP contribution is -2.44. The van der Waals surface area contributed by atoms with E-state index in [0.29, 0.717) is 24.2 Å². The average Bonchev–Trinajstić information content (AvgIpc) is 2.76. The molecule has 8 heteroatoms. The van der Waals surface area contributed by atoms with Crippen molar-refractivity contribution in [1.82, 2.24) is 10.3 Å². The van der Waals surface area contributed by atoms with Gasteiger partial charge in [0.25, 0.3) is 5.91 Å². The summed E-state index contributed by atoms with van der Waals surface area (Å²) < 4.78 is 0.825. The fourth-order valence-electron chi connectivity index (χ4n) is 3.29. The maximum atomic E-state index is 13.0. The molecule has 1 aliphatic heterocycles. The summed E-state index contributed by atoms with van der Waals surface area (Å²) >= 11 is 3.56. The highest BCUT2D eigenvalue weighted by atomic mass is 79.9. The number of fused-ring (bicyclic) bond motifs is 1. The Morgan fingerprint density at radius 2 is 1.92 bits per heavy atom. The molecule has 1 aromatic rings. The van der Waals surface area contributed by atoms with Gasteiger partial charge < -0.3 is 10.6 Å². The van der Waals surface area contributed by atoms with Crippen molar-refractivity contribution in [2.45, 2.75) is 46.7 Å². The Bertz CT molecular complexity index is 737. The normalized spacial score (nSPS) is 15.5. The van der Waals surface area contributed by atoms with Crippen molar-refractivity contribution in [3.05, 3.63) is 27.7 Å². The van der Waals surface area contributed by atoms with Crippen LogP contribution in [-0.4, -0.2) is 47.7 Å². The molecule has 0 saturated carbocycles. The molecule has 0 spiro atoms. The van der Waals surface area contributed by atoms with Gasteiger partial charge in [0.2, 0.25) is 0 Å². The molecule has 3 N–H and O–H groups in total. The standard InChI is InChI=1S/C18H26BrN5O2/c1-10(2)23(11(3)4)6-7-24-16-13(8-12(5)9-14(16)19)15(17(24)25)21-22-18(20)26/h8-11H,6-7H2,1-5H3,(H3,20,22,26). The summed E-state index contributed by atoms with van der Waals surface area (Å²) in [6.07, 6.45) is 0. The van der Waals surface area contributed by atoms with E-state index in [4.69, 9.17) is 5.73 Å². The number of hydrogen-bond donors (Lipinski definition) is 2. The molecule has 1 aliphatic rings. The third-order valence-electron chi connectivity index (χ3n) is 4.37. The minimum atomic E-state index is -0.803. The Morgan fingerprint density at radius 3 is 2.46 bits per heavy atom. The highest BCUT2D eigenvalue weighted by Crippen LogP contribution is 2.37. The molecule has 2 rings (SSSR count). The fourth-order valence-corrected chi connectivity index (χ4v) is 4.08. The van der Waals surface area contributed by atoms with Crippen molar-refractivity contribution in [2.75, 3.05) is 18.0 Å². The summed E-state index contributed by atoms with van der Waals surface area (Å²) in [6, 6.07) is 3.80. The lowest BCUT2D eigenvalue weighted by Gasteiger charge is -2.32. The summed E-state index contributed by atoms with van der Waals surface area (Å²) in [5, 5.41) is 3.94. The quantitative estimate of drug-likeness (QED) is 0.688. The fraction of sp³-hybridized carbons (Fsp3) is 0.500. The number of anilines is 1. The second kappa shape index (κ2) is 8.18. The van der Waals surface area contributed by atoms with Gasteiger partial charge >= 0.3 is 6.03 Å². The minimum absolute atomic E-state index is 0.198. The molecule has 3 amide bonds. The Hall–Kier alpha value is -1.93. The van der Waals surface area contributed by atoms with Crippen molar-refractivity contribution >= 4 is 39.3 Å². The molecule has 1 heterocycles. The van der Waals surface area contributed by atoms with E-state index in [9.17, 15) is 9.59 Å². The molecule has 0 saturated heterocycles. The van der Waals surface area contributed by atoms with Gasteiger partial charge in [-0.05, 0) is 68.2 Å². The second-order valence-corrected chi connectivity index (χ2v) is 7.82. The highest BCUT2D eigenvalue weighted by molar-refractivity contribution is 9.10. The number of rotatable bonds is 6. The van der Waals surface area contributed by atoms with Crippen LogP contribution in [-0.2, 0) is 4.79 Å². The molecule has 0 aromatic heterocycles. The van der Waals surface area contributed by atoms with E-state index in [1.807, 2.05) is 19.1 Å². The average molecular weight is 424 g/mol. The number of halogens is 1. The number of nitrogens with two attached hydrogens (primary N) is 1. The number of nitrogens with zero attached hydrogens (tertiary/aromatic N) is 3. The largest absolute Gasteiger partial charge is 0.350 e. The van der Waals surface area contributed by atoms with Crippen LogP contribution in [0.4, 0.5) is 10.5 Å². The zero-order valence-electron chi connectivity index (χ0n) is 15.8. The van der Waals surface area contributed by atoms with Gasteiger partial charge in [0, 0.05) is 35.2 Å². The smallest absolute Gasteiger partial charge is 0.332 e. The topological polar surface area (TPSA) is 91.0 Å². The van der Waals surface area contributed by atoms with Crippen LogP contribution in [0.3, 0.4) is 0 Å². The summed E-state index contributed by atoms with van der Waals surface area (Å²) in [7, 11) is 0. The zero-order valence-corrected chi connectivity index (χ0v) is 17.4. The Morgan fingerprint density at radius 1 is 1.31 bits per heavy atom. The molecule has 0 radical (unpaired) electrons. The number of aryl methyl sites for hydroxylation is 1. The van der Waals surface area contributed by atoms with E-state index < -0.39 is 6.03 Å². The number of hydrogen-bond acceptors (Lipinski definition) is 4. The van der Waals surface area contributed by atoms with Gasteiger partial charge in [0.1, 0.15) is 0 Å². The van der Waals surface area contributed by atoms with Crippen molar-refractivity contribution in [1.29, 1.82) is 0 Å². The van der Waals surface area contributed by atoms with Crippen LogP contribution in [0.25, 0.3) is 0 Å². The predicted octanol–water partition coefficient (Wildman–Crippen LogP) is 2.60. The third kappa shape index (κ3) is 4.24. The third-order valence-corrected chi connectivity index (χ3v) is 4.97. The molecule has 26 heavy (non-hydrogen) atoms. The van der Waals surface area contributed by atoms with Gasteiger partial charge in [-0.25, -0.2) is 10.2 Å². The summed E-state index contributed by atoms with van der Waals surface area (Å²) in [5.41, 5.74) is 9.92. The molecule has 0 atom stereocenters. The molecule has 0 aliphatic carbocycles. The van der Waals surface area contributed by atoms with Gasteiger partial charge in [-0.2, -0.15) is 5.10 Å². The first kappa shape index (κ1) is 20.4. The second-order valence-electron chi connectivity index (χ2n) is 6.96. The molecular weight excluding hydrogens is 398 g/mol. The van der Waals surface area contributed by atoms with Crippen LogP contribution >= 0.6 is 15.9 Å². The Balaban J connectivity index is 2.38. The van der Waals surface area contributed by atoms with Crippen LogP contribution in [0, 0.1) is 6.92 Å². The molecule has 1 aromatic carbocycles. The number of primary amides is 1. The minimum Gasteiger partial charge on any atom is -0.350 e. The summed E-state index contributed by atoms with van der Waals surface area (Å²) in [6.45, 7) is 11.8. The monoisotopic (exact) mass is 423 g/mol. The van der Waals surface area contributed by atoms with Gasteiger partial charge in [-0.1, -0.05) is 0 Å². The first-order chi connectivity index (χ1) is 12.1. The number of carbonyl (C=O) groups is 2. The van der Waals surface area contributed by atoms with Crippen LogP contribution in [0.1, 0.15) is 38.8 Å². The Labute approximate surface area is 162 Å². The maximum absolute atomic E-state index is 13.0. The SMILES string of the molecule is Cc1cc(Br)c2c(c1)C(=NNC(N)=O)C(=O)N2CCN(C(C)C)C(C)C. The van der Waals surface area contributed by atoms with Crippen LogP contribution in [0.5, 0.6) is 0 Å². The number of hydrazone groups is 1. The molecule has 142 valence electrons. The van der Waals surface area contributed by atoms with E-state index in [1.54, 1.807) is 4.90 Å². The van der Waals surface area contributed by atoms with Crippen molar-refractivity contribution in [3.63, 3.8) is 0 Å². The summed E-state index contributed by atoms with van der Waals surface area (Å²) in [5.74, 6) is -0.243. The van der Waals surface area contributed by atoms with Crippen LogP contribution in [0.15, 0.2) is 21.7 Å². The lowest BCUT2D eigenvalue weighted by atomic mass is 10.1. The van der Waals surface area contributed by atoms with E-state index in [0.717, 1.165) is 22.3 Å². The van der Waals surface area contributed by atoms with Crippen molar-refractivity contribution in [2.24, 2.45) is 10.8 Å². The Kier molecular flexibility index (Phi) is 6.41. The van der Waals surface area contributed by atoms with E-state index in [-0.39, 0.29) is 11.6 Å². The van der Waals surface area contributed by atoms with Crippen LogP contribution < -0.4 is 16.1 Å². The summed E-state index contributed by atoms with van der Waals surface area (Å²) in [4.78, 5) is 28.0. The van der Waals surface area contributed by atoms with Crippen molar-refractivity contribution in [3.8, 4) is 0 Å². The van der Waals surface area contributed by atoms with E-state index >= 15 is 0 Å². The van der Waals surface area contributed by atoms with Gasteiger partial charge in [-0.3, -0.25) is 9.69 Å². The zero-order chi connectivity index (χ0) is 19.6. The maximum Gasteiger partial charge on any atom is 0.332 e. The van der Waals surface area contributed by atoms with Gasteiger partial charge in [0.05, 0.1) is 5.69 Å². The molecule has 0 bridgehead atoms. The van der Waals surface area contributed by atoms with Crippen LogP contribution in [0.2, 0.25) is 0 Å². The molecule has 0 unspecified atom stereocenters.